The number of hydrogen-bond acceptors (Lipinski definition) is 5. The molecule has 5 rings (SSSR count). The summed E-state index contributed by atoms with van der Waals surface area (Å²) in [5.41, 5.74) is 2.45. The lowest BCUT2D eigenvalue weighted by molar-refractivity contribution is 0.310. The molecule has 5 aromatic rings. The van der Waals surface area contributed by atoms with E-state index < -0.39 is 0 Å². The third kappa shape index (κ3) is 3.22. The minimum absolute atomic E-state index is 0.453. The zero-order chi connectivity index (χ0) is 18.4. The summed E-state index contributed by atoms with van der Waals surface area (Å²) in [4.78, 5) is 5.35. The first-order valence-corrected chi connectivity index (χ1v) is 10.1. The van der Waals surface area contributed by atoms with E-state index in [-0.39, 0.29) is 0 Å². The van der Waals surface area contributed by atoms with Crippen molar-refractivity contribution in [2.75, 3.05) is 0 Å². The average Bonchev–Trinajstić information content (AvgIpc) is 3.32. The van der Waals surface area contributed by atoms with Gasteiger partial charge in [-0.25, -0.2) is 9.50 Å². The van der Waals surface area contributed by atoms with Gasteiger partial charge < -0.3 is 9.15 Å². The Bertz CT molecular complexity index is 1230. The van der Waals surface area contributed by atoms with Crippen LogP contribution in [0.2, 0.25) is 5.02 Å². The Morgan fingerprint density at radius 2 is 2.04 bits per heavy atom. The zero-order valence-corrected chi connectivity index (χ0v) is 16.9. The van der Waals surface area contributed by atoms with E-state index in [1.165, 1.54) is 11.3 Å². The third-order valence-electron chi connectivity index (χ3n) is 4.07. The maximum Gasteiger partial charge on any atom is 0.213 e. The summed E-state index contributed by atoms with van der Waals surface area (Å²) >= 11 is 11.1. The Morgan fingerprint density at radius 1 is 1.19 bits per heavy atom. The summed E-state index contributed by atoms with van der Waals surface area (Å²) < 4.78 is 14.5. The van der Waals surface area contributed by atoms with Crippen LogP contribution < -0.4 is 4.74 Å². The fraction of sp³-hybridized carbons (Fsp3) is 0.0526. The Morgan fingerprint density at radius 3 is 2.85 bits per heavy atom. The van der Waals surface area contributed by atoms with Gasteiger partial charge in [0.2, 0.25) is 4.96 Å². The summed E-state index contributed by atoms with van der Waals surface area (Å²) in [6.45, 7) is 0.453. The van der Waals surface area contributed by atoms with E-state index in [1.807, 2.05) is 42.6 Å². The highest BCUT2D eigenvalue weighted by atomic mass is 79.9. The molecule has 0 aliphatic rings. The topological polar surface area (TPSA) is 52.6 Å². The standard InChI is InChI=1S/C19H11BrClN3O2S/c20-18-23-24-9-14(22-19(24)27-18)17-8-13-15(6-12(21)7-16(13)26-17)25-10-11-4-2-1-3-5-11/h1-9H,10H2. The van der Waals surface area contributed by atoms with Crippen molar-refractivity contribution in [2.45, 2.75) is 6.61 Å². The fourth-order valence-corrected chi connectivity index (χ4v) is 4.26. The van der Waals surface area contributed by atoms with Gasteiger partial charge in [-0.3, -0.25) is 0 Å². The molecule has 5 nitrogen and oxygen atoms in total. The number of nitrogens with zero attached hydrogens (tertiary/aromatic N) is 3. The second kappa shape index (κ2) is 6.67. The van der Waals surface area contributed by atoms with Gasteiger partial charge in [-0.2, -0.15) is 0 Å². The van der Waals surface area contributed by atoms with Crippen LogP contribution in [0.4, 0.5) is 0 Å². The number of fused-ring (bicyclic) bond motifs is 2. The van der Waals surface area contributed by atoms with Gasteiger partial charge in [-0.15, -0.1) is 5.10 Å². The quantitative estimate of drug-likeness (QED) is 0.320. The number of ether oxygens (including phenoxy) is 1. The molecule has 0 fully saturated rings. The molecule has 0 amide bonds. The molecule has 0 spiro atoms. The van der Waals surface area contributed by atoms with Gasteiger partial charge in [0.05, 0.1) is 11.6 Å². The average molecular weight is 461 g/mol. The molecule has 0 saturated heterocycles. The van der Waals surface area contributed by atoms with Crippen molar-refractivity contribution in [3.8, 4) is 17.2 Å². The van der Waals surface area contributed by atoms with Crippen LogP contribution in [0.15, 0.2) is 63.1 Å². The Kier molecular flexibility index (Phi) is 4.15. The van der Waals surface area contributed by atoms with Gasteiger partial charge in [-0.1, -0.05) is 53.3 Å². The highest BCUT2D eigenvalue weighted by Crippen LogP contribution is 2.36. The van der Waals surface area contributed by atoms with Crippen molar-refractivity contribution < 1.29 is 9.15 Å². The number of rotatable bonds is 4. The lowest BCUT2D eigenvalue weighted by Crippen LogP contribution is -1.95. The SMILES string of the molecule is Clc1cc(OCc2ccccc2)c2cc(-c3cn4nc(Br)sc4n3)oc2c1. The second-order valence-electron chi connectivity index (χ2n) is 5.91. The second-order valence-corrected chi connectivity index (χ2v) is 8.58. The molecule has 2 aromatic carbocycles. The summed E-state index contributed by atoms with van der Waals surface area (Å²) in [6, 6.07) is 15.5. The van der Waals surface area contributed by atoms with Crippen LogP contribution in [0, 0.1) is 0 Å². The summed E-state index contributed by atoms with van der Waals surface area (Å²) in [5.74, 6) is 1.32. The van der Waals surface area contributed by atoms with Crippen molar-refractivity contribution in [1.82, 2.24) is 14.6 Å². The minimum atomic E-state index is 0.453. The maximum absolute atomic E-state index is 6.25. The van der Waals surface area contributed by atoms with E-state index in [0.717, 1.165) is 19.8 Å². The first-order chi connectivity index (χ1) is 13.2. The summed E-state index contributed by atoms with van der Waals surface area (Å²) in [7, 11) is 0. The highest BCUT2D eigenvalue weighted by molar-refractivity contribution is 9.11. The van der Waals surface area contributed by atoms with Gasteiger partial charge >= 0.3 is 0 Å². The lowest BCUT2D eigenvalue weighted by atomic mass is 10.2. The van der Waals surface area contributed by atoms with Crippen LogP contribution in [-0.4, -0.2) is 14.6 Å². The van der Waals surface area contributed by atoms with E-state index >= 15 is 0 Å². The summed E-state index contributed by atoms with van der Waals surface area (Å²) in [5, 5.41) is 5.73. The molecule has 0 aliphatic heterocycles. The molecular weight excluding hydrogens is 450 g/mol. The lowest BCUT2D eigenvalue weighted by Gasteiger charge is -2.07. The van der Waals surface area contributed by atoms with E-state index in [0.29, 0.717) is 34.4 Å². The predicted molar refractivity (Wildman–Crippen MR) is 110 cm³/mol. The van der Waals surface area contributed by atoms with Crippen LogP contribution in [0.25, 0.3) is 27.4 Å². The van der Waals surface area contributed by atoms with Gasteiger partial charge in [0.1, 0.15) is 23.6 Å². The molecule has 0 saturated carbocycles. The van der Waals surface area contributed by atoms with E-state index in [9.17, 15) is 0 Å². The van der Waals surface area contributed by atoms with Gasteiger partial charge in [0, 0.05) is 11.1 Å². The summed E-state index contributed by atoms with van der Waals surface area (Å²) in [6.07, 6.45) is 1.83. The van der Waals surface area contributed by atoms with Crippen molar-refractivity contribution in [3.05, 3.63) is 69.2 Å². The molecule has 27 heavy (non-hydrogen) atoms. The molecule has 0 unspecified atom stereocenters. The molecule has 134 valence electrons. The molecular formula is C19H11BrClN3O2S. The Balaban J connectivity index is 1.53. The maximum atomic E-state index is 6.25. The highest BCUT2D eigenvalue weighted by Gasteiger charge is 2.16. The van der Waals surface area contributed by atoms with E-state index in [2.05, 4.69) is 26.0 Å². The first kappa shape index (κ1) is 16.8. The fourth-order valence-electron chi connectivity index (χ4n) is 2.85. The molecule has 0 atom stereocenters. The Hall–Kier alpha value is -2.35. The smallest absolute Gasteiger partial charge is 0.213 e. The molecule has 0 aliphatic carbocycles. The van der Waals surface area contributed by atoms with Gasteiger partial charge in [0.15, 0.2) is 9.68 Å². The number of aromatic nitrogens is 3. The van der Waals surface area contributed by atoms with Gasteiger partial charge in [0.25, 0.3) is 0 Å². The third-order valence-corrected chi connectivity index (χ3v) is 5.65. The normalized spacial score (nSPS) is 11.5. The van der Waals surface area contributed by atoms with Crippen molar-refractivity contribution in [2.24, 2.45) is 0 Å². The van der Waals surface area contributed by atoms with Crippen molar-refractivity contribution in [1.29, 1.82) is 0 Å². The number of imidazole rings is 1. The van der Waals surface area contributed by atoms with Crippen LogP contribution >= 0.6 is 38.9 Å². The predicted octanol–water partition coefficient (Wildman–Crippen LogP) is 6.20. The molecule has 0 radical (unpaired) electrons. The zero-order valence-electron chi connectivity index (χ0n) is 13.7. The molecule has 8 heteroatoms. The Labute approximate surface area is 171 Å². The van der Waals surface area contributed by atoms with Crippen LogP contribution in [0.5, 0.6) is 5.75 Å². The first-order valence-electron chi connectivity index (χ1n) is 8.07. The molecule has 3 aromatic heterocycles. The molecule has 0 bridgehead atoms. The largest absolute Gasteiger partial charge is 0.488 e. The number of hydrogen-bond donors (Lipinski definition) is 0. The molecule has 0 N–H and O–H groups in total. The monoisotopic (exact) mass is 459 g/mol. The van der Waals surface area contributed by atoms with Crippen LogP contribution in [0.3, 0.4) is 0 Å². The number of benzene rings is 2. The van der Waals surface area contributed by atoms with Crippen molar-refractivity contribution >= 4 is 54.8 Å². The van der Waals surface area contributed by atoms with Crippen LogP contribution in [-0.2, 0) is 6.61 Å². The van der Waals surface area contributed by atoms with Gasteiger partial charge in [-0.05, 0) is 33.6 Å². The minimum Gasteiger partial charge on any atom is -0.488 e. The van der Waals surface area contributed by atoms with Crippen LogP contribution in [0.1, 0.15) is 5.56 Å². The van der Waals surface area contributed by atoms with Crippen molar-refractivity contribution in [3.63, 3.8) is 0 Å². The number of furan rings is 1. The number of halogens is 2. The van der Waals surface area contributed by atoms with E-state index in [4.69, 9.17) is 20.8 Å². The van der Waals surface area contributed by atoms with E-state index in [1.54, 1.807) is 16.6 Å². The molecule has 3 heterocycles.